The van der Waals surface area contributed by atoms with E-state index in [0.717, 1.165) is 17.2 Å². The highest BCUT2D eigenvalue weighted by Gasteiger charge is 2.11. The fourth-order valence-corrected chi connectivity index (χ4v) is 1.75. The fraction of sp³-hybridized carbons (Fsp3) is 0.214. The highest BCUT2D eigenvalue weighted by molar-refractivity contribution is 6.01. The molecular formula is C14H17N5O. The van der Waals surface area contributed by atoms with Gasteiger partial charge in [-0.15, -0.1) is 0 Å². The molecule has 0 unspecified atom stereocenters. The maximum Gasteiger partial charge on any atom is 0.278 e. The van der Waals surface area contributed by atoms with Crippen LogP contribution in [0, 0.1) is 0 Å². The smallest absolute Gasteiger partial charge is 0.278 e. The topological polar surface area (TPSA) is 75.6 Å². The molecule has 0 fully saturated rings. The number of anilines is 1. The molecule has 20 heavy (non-hydrogen) atoms. The van der Waals surface area contributed by atoms with Crippen molar-refractivity contribution in [2.45, 2.75) is 20.4 Å². The van der Waals surface area contributed by atoms with Crippen LogP contribution in [0.1, 0.15) is 24.3 Å². The Bertz CT molecular complexity index is 738. The number of hydrogen-bond donors (Lipinski definition) is 2. The van der Waals surface area contributed by atoms with Crippen molar-refractivity contribution in [3.63, 3.8) is 0 Å². The Kier molecular flexibility index (Phi) is 4.14. The molecule has 0 aliphatic rings. The average molecular weight is 271 g/mol. The van der Waals surface area contributed by atoms with Crippen molar-refractivity contribution >= 4 is 24.0 Å². The number of rotatable bonds is 4. The van der Waals surface area contributed by atoms with Crippen molar-refractivity contribution in [3.05, 3.63) is 41.3 Å². The molecule has 1 amide bonds. The van der Waals surface area contributed by atoms with Crippen LogP contribution >= 0.6 is 0 Å². The van der Waals surface area contributed by atoms with Gasteiger partial charge in [0, 0.05) is 12.7 Å². The van der Waals surface area contributed by atoms with E-state index in [1.54, 1.807) is 29.1 Å². The zero-order chi connectivity index (χ0) is 14.5. The van der Waals surface area contributed by atoms with Crippen molar-refractivity contribution in [3.8, 4) is 0 Å². The Morgan fingerprint density at radius 3 is 3.00 bits per heavy atom. The summed E-state index contributed by atoms with van der Waals surface area (Å²) >= 11 is 0. The summed E-state index contributed by atoms with van der Waals surface area (Å²) in [6.07, 6.45) is 7.07. The molecule has 0 aliphatic carbocycles. The van der Waals surface area contributed by atoms with Crippen molar-refractivity contribution in [2.75, 3.05) is 5.32 Å². The lowest BCUT2D eigenvalue weighted by molar-refractivity contribution is 0.102. The molecule has 0 saturated heterocycles. The van der Waals surface area contributed by atoms with Gasteiger partial charge in [-0.25, -0.2) is 4.98 Å². The van der Waals surface area contributed by atoms with E-state index in [1.165, 1.54) is 0 Å². The number of carbonyl (C=O) groups is 1. The minimum Gasteiger partial charge on any atom is -0.324 e. The predicted octanol–water partition coefficient (Wildman–Crippen LogP) is 0.645. The second kappa shape index (κ2) is 6.01. The first kappa shape index (κ1) is 13.8. The summed E-state index contributed by atoms with van der Waals surface area (Å²) < 4.78 is 1.69. The van der Waals surface area contributed by atoms with Crippen LogP contribution in [0.5, 0.6) is 0 Å². The van der Waals surface area contributed by atoms with Gasteiger partial charge in [0.05, 0.1) is 10.7 Å². The fourth-order valence-electron chi connectivity index (χ4n) is 1.75. The van der Waals surface area contributed by atoms with E-state index < -0.39 is 0 Å². The Balaban J connectivity index is 2.24. The zero-order valence-corrected chi connectivity index (χ0v) is 11.6. The van der Waals surface area contributed by atoms with Gasteiger partial charge < -0.3 is 4.98 Å². The summed E-state index contributed by atoms with van der Waals surface area (Å²) in [6.45, 7) is 8.21. The number of nitrogens with one attached hydrogen (secondary N) is 2. The lowest BCUT2D eigenvalue weighted by Crippen LogP contribution is -2.23. The van der Waals surface area contributed by atoms with Crippen LogP contribution in [0.4, 0.5) is 5.95 Å². The number of aromatic nitrogens is 4. The molecule has 2 rings (SSSR count). The third-order valence-corrected chi connectivity index (χ3v) is 2.75. The molecule has 6 nitrogen and oxygen atoms in total. The van der Waals surface area contributed by atoms with Crippen molar-refractivity contribution < 1.29 is 4.79 Å². The summed E-state index contributed by atoms with van der Waals surface area (Å²) in [6, 6.07) is 1.67. The second-order valence-corrected chi connectivity index (χ2v) is 4.09. The average Bonchev–Trinajstić information content (AvgIpc) is 3.05. The van der Waals surface area contributed by atoms with Gasteiger partial charge in [-0.05, 0) is 26.0 Å². The van der Waals surface area contributed by atoms with E-state index in [2.05, 4.69) is 27.0 Å². The molecule has 2 aromatic heterocycles. The van der Waals surface area contributed by atoms with Gasteiger partial charge in [0.15, 0.2) is 5.69 Å². The standard InChI is InChI=1S/C14H17N5O/c1-4-7-11-10(5-2)15-14(16-11)17-13(20)12-8-9-19(6-3)18-12/h4-5,7-9H,1,6H2,2-3H3,(H2,15,16,17,20)/b10-5+,11-7+. The number of nitrogens with zero attached hydrogens (tertiary/aromatic N) is 3. The summed E-state index contributed by atoms with van der Waals surface area (Å²) in [5.74, 6) is 0.0982. The number of allylic oxidation sites excluding steroid dienone is 1. The van der Waals surface area contributed by atoms with E-state index in [-0.39, 0.29) is 5.91 Å². The second-order valence-electron chi connectivity index (χ2n) is 4.09. The van der Waals surface area contributed by atoms with Gasteiger partial charge in [-0.1, -0.05) is 18.7 Å². The first-order valence-corrected chi connectivity index (χ1v) is 6.37. The largest absolute Gasteiger partial charge is 0.324 e. The van der Waals surface area contributed by atoms with Gasteiger partial charge >= 0.3 is 0 Å². The summed E-state index contributed by atoms with van der Waals surface area (Å²) in [7, 11) is 0. The van der Waals surface area contributed by atoms with Crippen LogP contribution in [0.2, 0.25) is 0 Å². The molecule has 2 aromatic rings. The Hall–Kier alpha value is -2.63. The van der Waals surface area contributed by atoms with Crippen LogP contribution in [0.25, 0.3) is 12.2 Å². The molecule has 0 atom stereocenters. The van der Waals surface area contributed by atoms with Crippen LogP contribution in [-0.2, 0) is 6.54 Å². The molecule has 0 radical (unpaired) electrons. The molecular weight excluding hydrogens is 254 g/mol. The highest BCUT2D eigenvalue weighted by atomic mass is 16.2. The molecule has 2 heterocycles. The van der Waals surface area contributed by atoms with Gasteiger partial charge in [0.1, 0.15) is 0 Å². The summed E-state index contributed by atoms with van der Waals surface area (Å²) in [5.41, 5.74) is 0.361. The maximum absolute atomic E-state index is 12.0. The third-order valence-electron chi connectivity index (χ3n) is 2.75. The number of aromatic amines is 1. The molecule has 0 spiro atoms. The van der Waals surface area contributed by atoms with Crippen LogP contribution in [0.15, 0.2) is 24.9 Å². The van der Waals surface area contributed by atoms with Crippen LogP contribution in [-0.4, -0.2) is 25.7 Å². The normalized spacial score (nSPS) is 12.7. The SMILES string of the molecule is C=C/C=c1/[nH]c(NC(=O)c2ccn(CC)n2)n/c1=C/C. The molecule has 2 N–H and O–H groups in total. The van der Waals surface area contributed by atoms with Crippen molar-refractivity contribution in [2.24, 2.45) is 0 Å². The number of hydrogen-bond acceptors (Lipinski definition) is 3. The van der Waals surface area contributed by atoms with Gasteiger partial charge in [0.2, 0.25) is 5.95 Å². The predicted molar refractivity (Wildman–Crippen MR) is 78.5 cm³/mol. The Morgan fingerprint density at radius 1 is 1.60 bits per heavy atom. The van der Waals surface area contributed by atoms with Crippen LogP contribution < -0.4 is 16.0 Å². The number of carbonyl (C=O) groups excluding carboxylic acids is 1. The number of H-pyrrole nitrogens is 1. The number of imidazole rings is 1. The maximum atomic E-state index is 12.0. The third kappa shape index (κ3) is 2.85. The van der Waals surface area contributed by atoms with E-state index in [4.69, 9.17) is 0 Å². The summed E-state index contributed by atoms with van der Waals surface area (Å²) in [4.78, 5) is 19.3. The van der Waals surface area contributed by atoms with Crippen molar-refractivity contribution in [1.82, 2.24) is 19.7 Å². The monoisotopic (exact) mass is 271 g/mol. The lowest BCUT2D eigenvalue weighted by atomic mass is 10.4. The minimum atomic E-state index is -0.293. The first-order valence-electron chi connectivity index (χ1n) is 6.37. The van der Waals surface area contributed by atoms with E-state index >= 15 is 0 Å². The quantitative estimate of drug-likeness (QED) is 0.857. The molecule has 104 valence electrons. The molecule has 6 heteroatoms. The highest BCUT2D eigenvalue weighted by Crippen LogP contribution is 1.99. The van der Waals surface area contributed by atoms with Gasteiger partial charge in [0.25, 0.3) is 5.91 Å². The molecule has 0 aliphatic heterocycles. The molecule has 0 saturated carbocycles. The van der Waals surface area contributed by atoms with Gasteiger partial charge in [-0.3, -0.25) is 14.8 Å². The van der Waals surface area contributed by atoms with Crippen molar-refractivity contribution in [1.29, 1.82) is 0 Å². The molecule has 0 aromatic carbocycles. The number of aryl methyl sites for hydroxylation is 1. The Labute approximate surface area is 116 Å². The molecule has 0 bridgehead atoms. The van der Waals surface area contributed by atoms with E-state index in [0.29, 0.717) is 11.6 Å². The van der Waals surface area contributed by atoms with Gasteiger partial charge in [-0.2, -0.15) is 5.10 Å². The summed E-state index contributed by atoms with van der Waals surface area (Å²) in [5, 5.41) is 8.40. The minimum absolute atomic E-state index is 0.293. The van der Waals surface area contributed by atoms with Crippen LogP contribution in [0.3, 0.4) is 0 Å². The van der Waals surface area contributed by atoms with E-state index in [1.807, 2.05) is 19.9 Å². The van der Waals surface area contributed by atoms with E-state index in [9.17, 15) is 4.79 Å². The lowest BCUT2D eigenvalue weighted by Gasteiger charge is -1.97. The first-order chi connectivity index (χ1) is 9.67. The zero-order valence-electron chi connectivity index (χ0n) is 11.6. The Morgan fingerprint density at radius 2 is 2.40 bits per heavy atom. The number of amides is 1.